The summed E-state index contributed by atoms with van der Waals surface area (Å²) in [5, 5.41) is 2.11. The van der Waals surface area contributed by atoms with Gasteiger partial charge in [0.1, 0.15) is 17.5 Å². The second kappa shape index (κ2) is 6.04. The highest BCUT2D eigenvalue weighted by molar-refractivity contribution is 6.42. The Morgan fingerprint density at radius 3 is 2.91 bits per heavy atom. The van der Waals surface area contributed by atoms with Crippen molar-refractivity contribution in [3.05, 3.63) is 58.4 Å². The van der Waals surface area contributed by atoms with Crippen LogP contribution in [0.15, 0.2) is 47.2 Å². The average molecular weight is 349 g/mol. The fraction of sp³-hybridized carbons (Fsp3) is 0.235. The number of rotatable bonds is 2. The molecule has 1 atom stereocenters. The number of furan rings is 1. The summed E-state index contributed by atoms with van der Waals surface area (Å²) in [6.45, 7) is 2.12. The quantitative estimate of drug-likeness (QED) is 0.672. The normalized spacial score (nSPS) is 18.5. The Labute approximate surface area is 143 Å². The van der Waals surface area contributed by atoms with Crippen LogP contribution in [0.1, 0.15) is 11.7 Å². The lowest BCUT2D eigenvalue weighted by molar-refractivity contribution is 0.0396. The molecule has 0 unspecified atom stereocenters. The summed E-state index contributed by atoms with van der Waals surface area (Å²) in [7, 11) is 0. The third-order valence-corrected chi connectivity index (χ3v) is 4.78. The maximum atomic E-state index is 6.12. The third kappa shape index (κ3) is 2.78. The standard InChI is InChI=1S/C17H14Cl2N2O2/c18-13-2-1-11(9-14(13)19)16-10-21(6-8-23-16)17-12-4-7-22-15(12)3-5-20-17/h1-5,7,9,16H,6,8,10H2/t16-/m1/s1. The largest absolute Gasteiger partial charge is 0.464 e. The van der Waals surface area contributed by atoms with Crippen LogP contribution in [0.25, 0.3) is 11.0 Å². The Morgan fingerprint density at radius 2 is 2.04 bits per heavy atom. The number of halogens is 2. The molecule has 4 rings (SSSR count). The van der Waals surface area contributed by atoms with E-state index in [0.29, 0.717) is 23.2 Å². The zero-order valence-electron chi connectivity index (χ0n) is 12.2. The summed E-state index contributed by atoms with van der Waals surface area (Å²) in [6, 6.07) is 9.44. The molecular weight excluding hydrogens is 335 g/mol. The molecule has 1 aliphatic heterocycles. The number of hydrogen-bond donors (Lipinski definition) is 0. The molecule has 23 heavy (non-hydrogen) atoms. The molecule has 0 bridgehead atoms. The van der Waals surface area contributed by atoms with Crippen LogP contribution in [0.4, 0.5) is 5.82 Å². The predicted molar refractivity (Wildman–Crippen MR) is 91.4 cm³/mol. The lowest BCUT2D eigenvalue weighted by Gasteiger charge is -2.34. The van der Waals surface area contributed by atoms with Gasteiger partial charge in [0.05, 0.1) is 28.3 Å². The molecule has 0 radical (unpaired) electrons. The smallest absolute Gasteiger partial charge is 0.139 e. The fourth-order valence-corrected chi connectivity index (χ4v) is 3.19. The van der Waals surface area contributed by atoms with Gasteiger partial charge in [0, 0.05) is 19.3 Å². The van der Waals surface area contributed by atoms with Crippen LogP contribution in [-0.4, -0.2) is 24.7 Å². The second-order valence-corrected chi connectivity index (χ2v) is 6.26. The Balaban J connectivity index is 1.64. The third-order valence-electron chi connectivity index (χ3n) is 4.04. The average Bonchev–Trinajstić information content (AvgIpc) is 3.06. The fourth-order valence-electron chi connectivity index (χ4n) is 2.89. The van der Waals surface area contributed by atoms with Gasteiger partial charge < -0.3 is 14.1 Å². The summed E-state index contributed by atoms with van der Waals surface area (Å²) < 4.78 is 11.4. The summed E-state index contributed by atoms with van der Waals surface area (Å²) in [4.78, 5) is 6.74. The molecule has 0 aliphatic carbocycles. The zero-order chi connectivity index (χ0) is 15.8. The van der Waals surface area contributed by atoms with Gasteiger partial charge in [0.15, 0.2) is 0 Å². The lowest BCUT2D eigenvalue weighted by atomic mass is 10.1. The SMILES string of the molecule is Clc1ccc([C@H]2CN(c3nccc4occc34)CCO2)cc1Cl. The highest BCUT2D eigenvalue weighted by Gasteiger charge is 2.25. The van der Waals surface area contributed by atoms with Crippen molar-refractivity contribution in [3.8, 4) is 0 Å². The van der Waals surface area contributed by atoms with E-state index in [4.69, 9.17) is 32.4 Å². The van der Waals surface area contributed by atoms with Crippen molar-refractivity contribution in [2.24, 2.45) is 0 Å². The van der Waals surface area contributed by atoms with Crippen LogP contribution in [0.3, 0.4) is 0 Å². The molecule has 1 fully saturated rings. The number of pyridine rings is 1. The van der Waals surface area contributed by atoms with Crippen molar-refractivity contribution in [2.75, 3.05) is 24.6 Å². The Bertz CT molecular complexity index is 849. The molecule has 4 nitrogen and oxygen atoms in total. The minimum absolute atomic E-state index is 0.0672. The highest BCUT2D eigenvalue weighted by atomic mass is 35.5. The summed E-state index contributed by atoms with van der Waals surface area (Å²) >= 11 is 12.1. The first-order valence-electron chi connectivity index (χ1n) is 7.36. The van der Waals surface area contributed by atoms with Crippen molar-refractivity contribution in [1.29, 1.82) is 0 Å². The molecule has 6 heteroatoms. The van der Waals surface area contributed by atoms with Crippen LogP contribution in [0.5, 0.6) is 0 Å². The van der Waals surface area contributed by atoms with E-state index in [2.05, 4.69) is 9.88 Å². The molecule has 0 N–H and O–H groups in total. The molecule has 118 valence electrons. The molecule has 0 saturated carbocycles. The summed E-state index contributed by atoms with van der Waals surface area (Å²) in [5.74, 6) is 0.921. The maximum absolute atomic E-state index is 6.12. The first-order chi connectivity index (χ1) is 11.2. The maximum Gasteiger partial charge on any atom is 0.139 e. The first kappa shape index (κ1) is 14.8. The van der Waals surface area contributed by atoms with E-state index in [1.54, 1.807) is 18.5 Å². The van der Waals surface area contributed by atoms with Gasteiger partial charge in [-0.3, -0.25) is 0 Å². The molecule has 1 aliphatic rings. The van der Waals surface area contributed by atoms with Gasteiger partial charge in [-0.25, -0.2) is 4.98 Å². The number of benzene rings is 1. The highest BCUT2D eigenvalue weighted by Crippen LogP contribution is 2.32. The summed E-state index contributed by atoms with van der Waals surface area (Å²) in [6.07, 6.45) is 3.39. The molecule has 3 heterocycles. The molecule has 1 saturated heterocycles. The Kier molecular flexibility index (Phi) is 3.89. The monoisotopic (exact) mass is 348 g/mol. The van der Waals surface area contributed by atoms with E-state index in [-0.39, 0.29) is 6.10 Å². The van der Waals surface area contributed by atoms with Gasteiger partial charge in [-0.1, -0.05) is 29.3 Å². The minimum Gasteiger partial charge on any atom is -0.464 e. The minimum atomic E-state index is -0.0672. The Hall–Kier alpha value is -1.75. The van der Waals surface area contributed by atoms with E-state index in [0.717, 1.165) is 28.9 Å². The van der Waals surface area contributed by atoms with Gasteiger partial charge in [-0.05, 0) is 29.8 Å². The second-order valence-electron chi connectivity index (χ2n) is 5.45. The zero-order valence-corrected chi connectivity index (χ0v) is 13.7. The van der Waals surface area contributed by atoms with Crippen LogP contribution in [-0.2, 0) is 4.74 Å². The molecule has 3 aromatic rings. The number of anilines is 1. The molecule has 0 amide bonds. The molecule has 1 aromatic carbocycles. The van der Waals surface area contributed by atoms with E-state index in [1.807, 2.05) is 24.3 Å². The number of ether oxygens (including phenoxy) is 1. The van der Waals surface area contributed by atoms with Gasteiger partial charge in [0.2, 0.25) is 0 Å². The molecular formula is C17H14Cl2N2O2. The van der Waals surface area contributed by atoms with Gasteiger partial charge >= 0.3 is 0 Å². The van der Waals surface area contributed by atoms with Crippen molar-refractivity contribution >= 4 is 40.0 Å². The van der Waals surface area contributed by atoms with Crippen molar-refractivity contribution in [1.82, 2.24) is 4.98 Å². The number of morpholine rings is 1. The van der Waals surface area contributed by atoms with Crippen molar-refractivity contribution < 1.29 is 9.15 Å². The van der Waals surface area contributed by atoms with E-state index >= 15 is 0 Å². The van der Waals surface area contributed by atoms with Crippen LogP contribution in [0.2, 0.25) is 10.0 Å². The topological polar surface area (TPSA) is 38.5 Å². The lowest BCUT2D eigenvalue weighted by Crippen LogP contribution is -2.38. The van der Waals surface area contributed by atoms with Crippen molar-refractivity contribution in [3.63, 3.8) is 0 Å². The van der Waals surface area contributed by atoms with E-state index in [9.17, 15) is 0 Å². The van der Waals surface area contributed by atoms with Gasteiger partial charge in [-0.2, -0.15) is 0 Å². The van der Waals surface area contributed by atoms with E-state index < -0.39 is 0 Å². The summed E-state index contributed by atoms with van der Waals surface area (Å²) in [5.41, 5.74) is 1.86. The van der Waals surface area contributed by atoms with Crippen molar-refractivity contribution in [2.45, 2.75) is 6.10 Å². The predicted octanol–water partition coefficient (Wildman–Crippen LogP) is 4.71. The number of aromatic nitrogens is 1. The number of nitrogens with zero attached hydrogens (tertiary/aromatic N) is 2. The number of fused-ring (bicyclic) bond motifs is 1. The van der Waals surface area contributed by atoms with Crippen LogP contribution >= 0.6 is 23.2 Å². The van der Waals surface area contributed by atoms with Crippen LogP contribution < -0.4 is 4.90 Å². The first-order valence-corrected chi connectivity index (χ1v) is 8.11. The van der Waals surface area contributed by atoms with E-state index in [1.165, 1.54) is 0 Å². The molecule has 0 spiro atoms. The number of hydrogen-bond acceptors (Lipinski definition) is 4. The van der Waals surface area contributed by atoms with Crippen LogP contribution in [0, 0.1) is 0 Å². The van der Waals surface area contributed by atoms with Gasteiger partial charge in [-0.15, -0.1) is 0 Å². The van der Waals surface area contributed by atoms with Gasteiger partial charge in [0.25, 0.3) is 0 Å². The molecule has 2 aromatic heterocycles. The Morgan fingerprint density at radius 1 is 1.13 bits per heavy atom.